The van der Waals surface area contributed by atoms with Crippen LogP contribution in [0.5, 0.6) is 5.75 Å². The molecule has 0 unspecified atom stereocenters. The molecule has 4 rings (SSSR count). The molecule has 0 aromatic carbocycles. The van der Waals surface area contributed by atoms with Crippen molar-refractivity contribution < 1.29 is 27.4 Å². The maximum absolute atomic E-state index is 13.7. The first-order valence-electron chi connectivity index (χ1n) is 9.11. The van der Waals surface area contributed by atoms with Gasteiger partial charge in [-0.05, 0) is 25.0 Å². The predicted octanol–water partition coefficient (Wildman–Crippen LogP) is 2.81. The van der Waals surface area contributed by atoms with Crippen molar-refractivity contribution in [2.45, 2.75) is 43.8 Å². The van der Waals surface area contributed by atoms with Crippen LogP contribution in [0.2, 0.25) is 0 Å². The van der Waals surface area contributed by atoms with Crippen LogP contribution in [-0.4, -0.2) is 51.8 Å². The zero-order valence-electron chi connectivity index (χ0n) is 15.2. The summed E-state index contributed by atoms with van der Waals surface area (Å²) < 4.78 is 56.9. The molecule has 1 saturated heterocycles. The summed E-state index contributed by atoms with van der Waals surface area (Å²) in [5, 5.41) is 9.60. The maximum atomic E-state index is 13.7. The Balaban J connectivity index is 1.72. The number of aromatic nitrogens is 3. The smallest absolute Gasteiger partial charge is 0.387 e. The fourth-order valence-electron chi connectivity index (χ4n) is 3.47. The van der Waals surface area contributed by atoms with E-state index < -0.39 is 25.2 Å². The molecule has 156 valence electrons. The summed E-state index contributed by atoms with van der Waals surface area (Å²) in [7, 11) is 0. The van der Waals surface area contributed by atoms with Gasteiger partial charge in [0.25, 0.3) is 5.92 Å². The SMILES string of the molecule is Nc1ncc(-c2cc(C3CC(O)C3)nc(N3CCC(F)(F)C3)n2)cc1OC(F)F. The molecule has 11 heteroatoms. The molecular weight excluding hydrogens is 394 g/mol. The van der Waals surface area contributed by atoms with E-state index >= 15 is 0 Å². The molecule has 2 aromatic rings. The standard InChI is InChI=1S/C18H19F4N5O2/c19-16(20)29-14-5-10(7-24-15(14)23)13-6-12(9-3-11(28)4-9)25-17(26-13)27-2-1-18(21,22)8-27/h5-7,9,11,16,28H,1-4,8H2,(H2,23,24). The lowest BCUT2D eigenvalue weighted by Gasteiger charge is -2.31. The normalized spacial score (nSPS) is 23.3. The van der Waals surface area contributed by atoms with Gasteiger partial charge in [0.2, 0.25) is 5.95 Å². The van der Waals surface area contributed by atoms with Gasteiger partial charge in [0.15, 0.2) is 11.6 Å². The van der Waals surface area contributed by atoms with Crippen molar-refractivity contribution >= 4 is 11.8 Å². The molecule has 0 atom stereocenters. The Morgan fingerprint density at radius 3 is 2.62 bits per heavy atom. The number of nitrogen functional groups attached to an aromatic ring is 1. The van der Waals surface area contributed by atoms with Crippen LogP contribution in [0.25, 0.3) is 11.3 Å². The number of aliphatic hydroxyl groups is 1. The van der Waals surface area contributed by atoms with Crippen LogP contribution in [0, 0.1) is 0 Å². The number of nitrogens with zero attached hydrogens (tertiary/aromatic N) is 4. The number of anilines is 2. The van der Waals surface area contributed by atoms with E-state index in [-0.39, 0.29) is 36.4 Å². The zero-order valence-corrected chi connectivity index (χ0v) is 15.2. The number of nitrogens with two attached hydrogens (primary N) is 1. The molecule has 0 spiro atoms. The fourth-order valence-corrected chi connectivity index (χ4v) is 3.47. The molecule has 29 heavy (non-hydrogen) atoms. The van der Waals surface area contributed by atoms with Gasteiger partial charge in [-0.3, -0.25) is 0 Å². The Morgan fingerprint density at radius 1 is 1.24 bits per heavy atom. The molecule has 7 nitrogen and oxygen atoms in total. The van der Waals surface area contributed by atoms with Gasteiger partial charge in [-0.15, -0.1) is 0 Å². The van der Waals surface area contributed by atoms with Crippen molar-refractivity contribution in [2.75, 3.05) is 23.7 Å². The van der Waals surface area contributed by atoms with E-state index in [2.05, 4.69) is 19.7 Å². The van der Waals surface area contributed by atoms with Gasteiger partial charge in [-0.2, -0.15) is 8.78 Å². The van der Waals surface area contributed by atoms with Crippen LogP contribution in [-0.2, 0) is 0 Å². The van der Waals surface area contributed by atoms with E-state index in [4.69, 9.17) is 5.73 Å². The number of hydrogen-bond acceptors (Lipinski definition) is 7. The summed E-state index contributed by atoms with van der Waals surface area (Å²) in [5.41, 5.74) is 6.84. The lowest BCUT2D eigenvalue weighted by atomic mass is 9.80. The molecule has 3 heterocycles. The van der Waals surface area contributed by atoms with Crippen molar-refractivity contribution in [3.05, 3.63) is 24.0 Å². The van der Waals surface area contributed by atoms with Gasteiger partial charge < -0.3 is 20.5 Å². The monoisotopic (exact) mass is 413 g/mol. The van der Waals surface area contributed by atoms with E-state index in [9.17, 15) is 22.7 Å². The predicted molar refractivity (Wildman–Crippen MR) is 96.1 cm³/mol. The van der Waals surface area contributed by atoms with Crippen molar-refractivity contribution in [3.8, 4) is 17.0 Å². The number of alkyl halides is 4. The summed E-state index contributed by atoms with van der Waals surface area (Å²) in [6.07, 6.45) is 1.63. The van der Waals surface area contributed by atoms with E-state index in [1.54, 1.807) is 6.07 Å². The van der Waals surface area contributed by atoms with Gasteiger partial charge in [0.05, 0.1) is 18.3 Å². The number of ether oxygens (including phenoxy) is 1. The molecular formula is C18H19F4N5O2. The van der Waals surface area contributed by atoms with Gasteiger partial charge in [0.1, 0.15) is 0 Å². The lowest BCUT2D eigenvalue weighted by Crippen LogP contribution is -2.29. The summed E-state index contributed by atoms with van der Waals surface area (Å²) in [6, 6.07) is 2.92. The Hall–Kier alpha value is -2.69. The third-order valence-corrected chi connectivity index (χ3v) is 5.11. The number of halogens is 4. The fraction of sp³-hybridized carbons (Fsp3) is 0.500. The topological polar surface area (TPSA) is 97.4 Å². The van der Waals surface area contributed by atoms with Crippen molar-refractivity contribution in [1.82, 2.24) is 15.0 Å². The molecule has 0 bridgehead atoms. The minimum Gasteiger partial charge on any atom is -0.431 e. The number of aliphatic hydroxyl groups excluding tert-OH is 1. The van der Waals surface area contributed by atoms with Crippen LogP contribution in [0.4, 0.5) is 29.3 Å². The molecule has 1 saturated carbocycles. The second-order valence-corrected chi connectivity index (χ2v) is 7.31. The molecule has 2 aliphatic rings. The van der Waals surface area contributed by atoms with E-state index in [0.717, 1.165) is 0 Å². The molecule has 3 N–H and O–H groups in total. The zero-order chi connectivity index (χ0) is 20.8. The minimum atomic E-state index is -3.07. The van der Waals surface area contributed by atoms with E-state index in [1.807, 2.05) is 0 Å². The first-order valence-corrected chi connectivity index (χ1v) is 9.11. The van der Waals surface area contributed by atoms with Crippen molar-refractivity contribution in [3.63, 3.8) is 0 Å². The Kier molecular flexibility index (Phi) is 4.93. The number of rotatable bonds is 5. The molecule has 1 aliphatic heterocycles. The summed E-state index contributed by atoms with van der Waals surface area (Å²) in [6.45, 7) is -3.47. The van der Waals surface area contributed by atoms with Crippen LogP contribution >= 0.6 is 0 Å². The quantitative estimate of drug-likeness (QED) is 0.728. The Labute approximate surface area is 163 Å². The average Bonchev–Trinajstić information content (AvgIpc) is 3.00. The molecule has 2 fully saturated rings. The van der Waals surface area contributed by atoms with Gasteiger partial charge in [-0.1, -0.05) is 0 Å². The molecule has 0 radical (unpaired) electrons. The van der Waals surface area contributed by atoms with Gasteiger partial charge >= 0.3 is 6.61 Å². The Bertz CT molecular complexity index is 908. The third-order valence-electron chi connectivity index (χ3n) is 5.11. The largest absolute Gasteiger partial charge is 0.431 e. The van der Waals surface area contributed by atoms with Crippen LogP contribution in [0.3, 0.4) is 0 Å². The van der Waals surface area contributed by atoms with Crippen LogP contribution < -0.4 is 15.4 Å². The van der Waals surface area contributed by atoms with Crippen LogP contribution in [0.15, 0.2) is 18.3 Å². The lowest BCUT2D eigenvalue weighted by molar-refractivity contribution is -0.0494. The van der Waals surface area contributed by atoms with Crippen molar-refractivity contribution in [1.29, 1.82) is 0 Å². The first kappa shape index (κ1) is 19.6. The average molecular weight is 413 g/mol. The number of hydrogen-bond donors (Lipinski definition) is 2. The summed E-state index contributed by atoms with van der Waals surface area (Å²) in [5.74, 6) is -3.24. The van der Waals surface area contributed by atoms with E-state index in [1.165, 1.54) is 17.2 Å². The van der Waals surface area contributed by atoms with Crippen LogP contribution in [0.1, 0.15) is 30.9 Å². The highest BCUT2D eigenvalue weighted by Crippen LogP contribution is 2.39. The second kappa shape index (κ2) is 7.29. The highest BCUT2D eigenvalue weighted by molar-refractivity contribution is 5.65. The summed E-state index contributed by atoms with van der Waals surface area (Å²) in [4.78, 5) is 14.0. The first-order chi connectivity index (χ1) is 13.7. The highest BCUT2D eigenvalue weighted by atomic mass is 19.3. The Morgan fingerprint density at radius 2 is 2.00 bits per heavy atom. The maximum Gasteiger partial charge on any atom is 0.387 e. The van der Waals surface area contributed by atoms with Crippen molar-refractivity contribution in [2.24, 2.45) is 0 Å². The second-order valence-electron chi connectivity index (χ2n) is 7.31. The van der Waals surface area contributed by atoms with Gasteiger partial charge in [-0.25, -0.2) is 23.7 Å². The number of pyridine rings is 1. The molecule has 2 aromatic heterocycles. The minimum absolute atomic E-state index is 0.0351. The van der Waals surface area contributed by atoms with E-state index in [0.29, 0.717) is 29.8 Å². The molecule has 0 amide bonds. The van der Waals surface area contributed by atoms with Gasteiger partial charge in [0, 0.05) is 36.3 Å². The summed E-state index contributed by atoms with van der Waals surface area (Å²) >= 11 is 0. The molecule has 1 aliphatic carbocycles. The third kappa shape index (κ3) is 4.19. The highest BCUT2D eigenvalue weighted by Gasteiger charge is 2.40.